The molecule has 3 aliphatic rings. The summed E-state index contributed by atoms with van der Waals surface area (Å²) in [6, 6.07) is 23.4. The second kappa shape index (κ2) is 14.6. The Kier molecular flexibility index (Phi) is 10.4. The number of hydrogen-bond acceptors (Lipinski definition) is 5. The molecule has 3 fully saturated rings. The maximum absolute atomic E-state index is 15.3. The topological polar surface area (TPSA) is 81.2 Å². The molecule has 0 saturated carbocycles. The number of aryl methyl sites for hydroxylation is 1. The zero-order valence-corrected chi connectivity index (χ0v) is 29.7. The van der Waals surface area contributed by atoms with Crippen molar-refractivity contribution in [3.8, 4) is 0 Å². The number of carbonyl (C=O) groups is 3. The highest BCUT2D eigenvalue weighted by molar-refractivity contribution is 8.02. The monoisotopic (exact) mass is 697 g/mol. The highest BCUT2D eigenvalue weighted by atomic mass is 35.5. The number of nitrogens with zero attached hydrogens (tertiary/aromatic N) is 3. The number of para-hydroxylation sites is 1. The number of aliphatic hydroxyl groups is 1. The van der Waals surface area contributed by atoms with Crippen LogP contribution in [0, 0.1) is 24.7 Å². The molecule has 0 radical (unpaired) electrons. The lowest BCUT2D eigenvalue weighted by molar-refractivity contribution is -0.145. The van der Waals surface area contributed by atoms with Crippen LogP contribution in [0.5, 0.6) is 0 Å². The molecule has 3 saturated heterocycles. The van der Waals surface area contributed by atoms with Gasteiger partial charge in [0.2, 0.25) is 11.8 Å². The third-order valence-corrected chi connectivity index (χ3v) is 12.9. The third kappa shape index (κ3) is 6.13. The molecule has 3 unspecified atom stereocenters. The lowest BCUT2D eigenvalue weighted by Gasteiger charge is -2.42. The number of carbonyl (C=O) groups excluding carboxylic acids is 3. The van der Waals surface area contributed by atoms with Crippen LogP contribution in [0.4, 0.5) is 5.69 Å². The van der Waals surface area contributed by atoms with Crippen molar-refractivity contribution in [1.82, 2.24) is 9.80 Å². The first-order valence-corrected chi connectivity index (χ1v) is 18.2. The van der Waals surface area contributed by atoms with Gasteiger partial charge in [0, 0.05) is 24.9 Å². The highest BCUT2D eigenvalue weighted by Gasteiger charge is 2.77. The van der Waals surface area contributed by atoms with Crippen molar-refractivity contribution in [2.24, 2.45) is 17.8 Å². The fourth-order valence-corrected chi connectivity index (χ4v) is 11.2. The number of rotatable bonds is 13. The summed E-state index contributed by atoms with van der Waals surface area (Å²) in [6.07, 6.45) is 4.44. The molecule has 3 aromatic rings. The molecule has 7 nitrogen and oxygen atoms in total. The first-order valence-electron chi connectivity index (χ1n) is 16.9. The number of thioether (sulfide) groups is 1. The van der Waals surface area contributed by atoms with Gasteiger partial charge in [-0.15, -0.1) is 24.9 Å². The number of hydrogen-bond donors (Lipinski definition) is 1. The molecule has 9 heteroatoms. The van der Waals surface area contributed by atoms with E-state index in [0.717, 1.165) is 16.7 Å². The molecular weight excluding hydrogens is 654 g/mol. The SMILES string of the molecule is C=CCN(Cc1ccccc1)C(=O)[C@@H]1[C@H]2C(=O)N([C@@H](CO)Cc3ccccc3)C(C(=O)N(CC=C)c3c(C)cccc3Cl)C23S[C@@H]1CC3C. The van der Waals surface area contributed by atoms with Gasteiger partial charge in [0.1, 0.15) is 6.04 Å². The van der Waals surface area contributed by atoms with Gasteiger partial charge in [-0.3, -0.25) is 14.4 Å². The number of amides is 3. The molecule has 3 aromatic carbocycles. The molecule has 1 spiro atoms. The van der Waals surface area contributed by atoms with Gasteiger partial charge in [0.15, 0.2) is 0 Å². The number of benzene rings is 3. The molecule has 3 heterocycles. The molecule has 2 bridgehead atoms. The maximum Gasteiger partial charge on any atom is 0.251 e. The fourth-order valence-electron chi connectivity index (χ4n) is 8.49. The third-order valence-electron chi connectivity index (χ3n) is 10.5. The van der Waals surface area contributed by atoms with E-state index in [1.54, 1.807) is 44.7 Å². The Morgan fingerprint density at radius 3 is 2.27 bits per heavy atom. The molecule has 7 atom stereocenters. The van der Waals surface area contributed by atoms with Gasteiger partial charge >= 0.3 is 0 Å². The minimum Gasteiger partial charge on any atom is -0.394 e. The largest absolute Gasteiger partial charge is 0.394 e. The normalized spacial score (nSPS) is 25.9. The van der Waals surface area contributed by atoms with E-state index in [1.807, 2.05) is 79.7 Å². The molecular formula is C40H44ClN3O4S. The Bertz CT molecular complexity index is 1700. The van der Waals surface area contributed by atoms with E-state index in [2.05, 4.69) is 20.1 Å². The van der Waals surface area contributed by atoms with E-state index < -0.39 is 28.7 Å². The Morgan fingerprint density at radius 1 is 1.00 bits per heavy atom. The lowest BCUT2D eigenvalue weighted by Crippen LogP contribution is -2.60. The smallest absolute Gasteiger partial charge is 0.251 e. The Balaban J connectivity index is 1.47. The van der Waals surface area contributed by atoms with Gasteiger partial charge in [-0.05, 0) is 48.4 Å². The molecule has 0 aromatic heterocycles. The molecule has 256 valence electrons. The van der Waals surface area contributed by atoms with Crippen LogP contribution in [0.1, 0.15) is 30.0 Å². The van der Waals surface area contributed by atoms with E-state index in [0.29, 0.717) is 36.6 Å². The number of fused-ring (bicyclic) bond motifs is 1. The van der Waals surface area contributed by atoms with E-state index in [4.69, 9.17) is 11.6 Å². The highest BCUT2D eigenvalue weighted by Crippen LogP contribution is 2.69. The number of likely N-dealkylation sites (tertiary alicyclic amines) is 1. The average Bonchev–Trinajstić information content (AvgIpc) is 3.70. The molecule has 3 aliphatic heterocycles. The second-order valence-electron chi connectivity index (χ2n) is 13.5. The fraction of sp³-hybridized carbons (Fsp3) is 0.375. The predicted octanol–water partition coefficient (Wildman–Crippen LogP) is 6.32. The van der Waals surface area contributed by atoms with Gasteiger partial charge in [-0.2, -0.15) is 0 Å². The zero-order chi connectivity index (χ0) is 34.9. The van der Waals surface area contributed by atoms with Gasteiger partial charge in [-0.25, -0.2) is 0 Å². The second-order valence-corrected chi connectivity index (χ2v) is 15.4. The predicted molar refractivity (Wildman–Crippen MR) is 197 cm³/mol. The molecule has 49 heavy (non-hydrogen) atoms. The lowest BCUT2D eigenvalue weighted by atomic mass is 9.65. The van der Waals surface area contributed by atoms with Crippen molar-refractivity contribution >= 4 is 46.8 Å². The van der Waals surface area contributed by atoms with Gasteiger partial charge in [-0.1, -0.05) is 103 Å². The average molecular weight is 698 g/mol. The van der Waals surface area contributed by atoms with Crippen molar-refractivity contribution in [1.29, 1.82) is 0 Å². The number of halogens is 1. The maximum atomic E-state index is 15.3. The summed E-state index contributed by atoms with van der Waals surface area (Å²) in [5, 5.41) is 11.3. The quantitative estimate of drug-likeness (QED) is 0.212. The summed E-state index contributed by atoms with van der Waals surface area (Å²) >= 11 is 8.40. The Morgan fingerprint density at radius 2 is 1.65 bits per heavy atom. The summed E-state index contributed by atoms with van der Waals surface area (Å²) in [6.45, 7) is 12.5. The van der Waals surface area contributed by atoms with Gasteiger partial charge in [0.25, 0.3) is 5.91 Å². The van der Waals surface area contributed by atoms with E-state index in [-0.39, 0.29) is 42.0 Å². The van der Waals surface area contributed by atoms with E-state index >= 15 is 9.59 Å². The first kappa shape index (κ1) is 35.0. The van der Waals surface area contributed by atoms with Crippen molar-refractivity contribution in [2.75, 3.05) is 24.6 Å². The van der Waals surface area contributed by atoms with Crippen molar-refractivity contribution in [2.45, 2.75) is 55.3 Å². The van der Waals surface area contributed by atoms with Crippen LogP contribution >= 0.6 is 23.4 Å². The van der Waals surface area contributed by atoms with E-state index in [9.17, 15) is 9.90 Å². The summed E-state index contributed by atoms with van der Waals surface area (Å²) in [5.41, 5.74) is 3.32. The number of aliphatic hydroxyl groups excluding tert-OH is 1. The molecule has 3 amide bonds. The van der Waals surface area contributed by atoms with Crippen LogP contribution in [-0.2, 0) is 27.3 Å². The molecule has 0 aliphatic carbocycles. The van der Waals surface area contributed by atoms with E-state index in [1.165, 1.54) is 0 Å². The first-order chi connectivity index (χ1) is 23.7. The van der Waals surface area contributed by atoms with Crippen LogP contribution in [0.3, 0.4) is 0 Å². The molecule has 6 rings (SSSR count). The van der Waals surface area contributed by atoms with Crippen LogP contribution < -0.4 is 4.90 Å². The van der Waals surface area contributed by atoms with Crippen LogP contribution in [0.25, 0.3) is 0 Å². The van der Waals surface area contributed by atoms with Crippen LogP contribution in [0.15, 0.2) is 104 Å². The van der Waals surface area contributed by atoms with Gasteiger partial charge < -0.3 is 19.8 Å². The summed E-state index contributed by atoms with van der Waals surface area (Å²) in [4.78, 5) is 50.2. The standard InChI is InChI=1S/C40H44ClN3O4S/c1-5-20-42(24-29-17-11-8-12-18-29)37(46)33-32-22-27(4)40(49-32)34(33)38(47)44(30(25-45)23-28-15-9-7-10-16-28)36(40)39(48)43(21-6-2)35-26(3)14-13-19-31(35)41/h5-19,27,30,32-34,36,45H,1-2,20-25H2,3-4H3/t27?,30-,32-,33+,34+,36?,40?/m1/s1. The summed E-state index contributed by atoms with van der Waals surface area (Å²) in [5.74, 6) is -2.03. The zero-order valence-electron chi connectivity index (χ0n) is 28.1. The van der Waals surface area contributed by atoms with Gasteiger partial charge in [0.05, 0.1) is 39.9 Å². The summed E-state index contributed by atoms with van der Waals surface area (Å²) < 4.78 is -0.884. The molecule has 1 N–H and O–H groups in total. The van der Waals surface area contributed by atoms with Crippen molar-refractivity contribution in [3.63, 3.8) is 0 Å². The van der Waals surface area contributed by atoms with Crippen LogP contribution in [-0.4, -0.2) is 74.4 Å². The van der Waals surface area contributed by atoms with Crippen molar-refractivity contribution in [3.05, 3.63) is 126 Å². The Hall–Kier alpha value is -3.85. The van der Waals surface area contributed by atoms with Crippen LogP contribution in [0.2, 0.25) is 5.02 Å². The minimum atomic E-state index is -0.939. The van der Waals surface area contributed by atoms with Crippen molar-refractivity contribution < 1.29 is 19.5 Å². The number of anilines is 1. The Labute approximate surface area is 298 Å². The summed E-state index contributed by atoms with van der Waals surface area (Å²) in [7, 11) is 0. The minimum absolute atomic E-state index is 0.0459.